The molecule has 0 aromatic heterocycles. The first kappa shape index (κ1) is 10.4. The Hall–Kier alpha value is -1.14. The molecule has 0 radical (unpaired) electrons. The highest BCUT2D eigenvalue weighted by Gasteiger charge is 2.41. The molecule has 1 aliphatic carbocycles. The van der Waals surface area contributed by atoms with Crippen LogP contribution in [-0.4, -0.2) is 0 Å². The summed E-state index contributed by atoms with van der Waals surface area (Å²) in [6, 6.07) is 4.03. The molecule has 0 amide bonds. The number of nitriles is 1. The summed E-state index contributed by atoms with van der Waals surface area (Å²) in [6.45, 7) is 0. The van der Waals surface area contributed by atoms with Crippen molar-refractivity contribution in [3.05, 3.63) is 34.1 Å². The minimum atomic E-state index is -1.48. The van der Waals surface area contributed by atoms with Gasteiger partial charge in [0.05, 0.1) is 16.7 Å². The second-order valence-electron chi connectivity index (χ2n) is 3.74. The van der Waals surface area contributed by atoms with Gasteiger partial charge in [-0.25, -0.2) is 8.78 Å². The lowest BCUT2D eigenvalue weighted by Gasteiger charge is -2.34. The molecule has 1 aromatic carbocycles. The summed E-state index contributed by atoms with van der Waals surface area (Å²) < 4.78 is 27.1. The fourth-order valence-corrected chi connectivity index (χ4v) is 1.93. The SMILES string of the molecule is N#Cc1cc(F)c(Cl)cc1C1(F)CCC1. The van der Waals surface area contributed by atoms with Gasteiger partial charge < -0.3 is 0 Å². The third kappa shape index (κ3) is 1.59. The monoisotopic (exact) mass is 227 g/mol. The van der Waals surface area contributed by atoms with E-state index in [0.29, 0.717) is 12.8 Å². The summed E-state index contributed by atoms with van der Waals surface area (Å²) in [5.74, 6) is -0.681. The number of rotatable bonds is 1. The van der Waals surface area contributed by atoms with Crippen LogP contribution in [0, 0.1) is 17.1 Å². The molecule has 15 heavy (non-hydrogen) atoms. The van der Waals surface area contributed by atoms with Crippen LogP contribution in [0.1, 0.15) is 30.4 Å². The van der Waals surface area contributed by atoms with Gasteiger partial charge in [0.1, 0.15) is 11.5 Å². The lowest BCUT2D eigenvalue weighted by molar-refractivity contribution is 0.0605. The molecule has 4 heteroatoms. The molecule has 0 aliphatic heterocycles. The molecule has 78 valence electrons. The van der Waals surface area contributed by atoms with Gasteiger partial charge >= 0.3 is 0 Å². The number of halogens is 3. The van der Waals surface area contributed by atoms with Crippen molar-refractivity contribution >= 4 is 11.6 Å². The Balaban J connectivity index is 2.55. The Morgan fingerprint density at radius 1 is 1.40 bits per heavy atom. The zero-order valence-electron chi connectivity index (χ0n) is 7.86. The van der Waals surface area contributed by atoms with Gasteiger partial charge in [-0.15, -0.1) is 0 Å². The zero-order chi connectivity index (χ0) is 11.1. The van der Waals surface area contributed by atoms with Crippen molar-refractivity contribution in [1.82, 2.24) is 0 Å². The van der Waals surface area contributed by atoms with Gasteiger partial charge in [-0.3, -0.25) is 0 Å². The lowest BCUT2D eigenvalue weighted by Crippen LogP contribution is -2.29. The van der Waals surface area contributed by atoms with Crippen LogP contribution in [0.5, 0.6) is 0 Å². The molecule has 1 saturated carbocycles. The maximum atomic E-state index is 14.1. The summed E-state index contributed by atoms with van der Waals surface area (Å²) in [5, 5.41) is 8.66. The highest BCUT2D eigenvalue weighted by molar-refractivity contribution is 6.30. The zero-order valence-corrected chi connectivity index (χ0v) is 8.61. The van der Waals surface area contributed by atoms with Crippen molar-refractivity contribution in [2.45, 2.75) is 24.9 Å². The smallest absolute Gasteiger partial charge is 0.143 e. The van der Waals surface area contributed by atoms with E-state index in [1.165, 1.54) is 6.07 Å². The Morgan fingerprint density at radius 2 is 2.07 bits per heavy atom. The summed E-state index contributed by atoms with van der Waals surface area (Å²) >= 11 is 5.58. The minimum absolute atomic E-state index is 0.0408. The van der Waals surface area contributed by atoms with Crippen molar-refractivity contribution in [2.24, 2.45) is 0 Å². The molecule has 0 N–H and O–H groups in total. The third-order valence-corrected chi connectivity index (χ3v) is 3.10. The van der Waals surface area contributed by atoms with Crippen LogP contribution in [0.25, 0.3) is 0 Å². The molecule has 1 aromatic rings. The molecule has 0 bridgehead atoms. The molecule has 0 spiro atoms. The second-order valence-corrected chi connectivity index (χ2v) is 4.15. The molecule has 1 fully saturated rings. The van der Waals surface area contributed by atoms with Crippen LogP contribution < -0.4 is 0 Å². The predicted octanol–water partition coefficient (Wildman–Crippen LogP) is 3.70. The van der Waals surface area contributed by atoms with E-state index < -0.39 is 11.5 Å². The van der Waals surface area contributed by atoms with E-state index >= 15 is 0 Å². The highest BCUT2D eigenvalue weighted by atomic mass is 35.5. The molecule has 0 saturated heterocycles. The first-order valence-electron chi connectivity index (χ1n) is 4.65. The van der Waals surface area contributed by atoms with Crippen molar-refractivity contribution in [3.8, 4) is 6.07 Å². The molecule has 1 aliphatic rings. The summed E-state index contributed by atoms with van der Waals surface area (Å²) in [7, 11) is 0. The topological polar surface area (TPSA) is 23.8 Å². The standard InChI is InChI=1S/C11H8ClF2N/c12-9-5-8(11(14)2-1-3-11)7(6-15)4-10(9)13/h4-5H,1-3H2. The number of hydrogen-bond acceptors (Lipinski definition) is 1. The van der Waals surface area contributed by atoms with E-state index in [9.17, 15) is 8.78 Å². The summed E-state index contributed by atoms with van der Waals surface area (Å²) in [4.78, 5) is 0. The van der Waals surface area contributed by atoms with Crippen LogP contribution >= 0.6 is 11.6 Å². The quantitative estimate of drug-likeness (QED) is 0.718. The van der Waals surface area contributed by atoms with Gasteiger partial charge in [0.25, 0.3) is 0 Å². The molecular weight excluding hydrogens is 220 g/mol. The van der Waals surface area contributed by atoms with Crippen molar-refractivity contribution in [2.75, 3.05) is 0 Å². The fraction of sp³-hybridized carbons (Fsp3) is 0.364. The van der Waals surface area contributed by atoms with Gasteiger partial charge in [0.2, 0.25) is 0 Å². The van der Waals surface area contributed by atoms with E-state index in [-0.39, 0.29) is 16.1 Å². The Labute approximate surface area is 91.3 Å². The Kier molecular flexibility index (Phi) is 2.40. The van der Waals surface area contributed by atoms with Crippen LogP contribution in [0.15, 0.2) is 12.1 Å². The lowest BCUT2D eigenvalue weighted by atomic mass is 9.75. The van der Waals surface area contributed by atoms with E-state index in [2.05, 4.69) is 0 Å². The van der Waals surface area contributed by atoms with Crippen molar-refractivity contribution in [3.63, 3.8) is 0 Å². The number of alkyl halides is 1. The molecule has 0 heterocycles. The average Bonchev–Trinajstić information content (AvgIpc) is 2.18. The minimum Gasteiger partial charge on any atom is -0.239 e. The molecule has 0 atom stereocenters. The summed E-state index contributed by atoms with van der Waals surface area (Å²) in [5.41, 5.74) is -1.22. The maximum absolute atomic E-state index is 14.1. The average molecular weight is 228 g/mol. The van der Waals surface area contributed by atoms with E-state index in [1.807, 2.05) is 0 Å². The van der Waals surface area contributed by atoms with Gasteiger partial charge in [0.15, 0.2) is 0 Å². The maximum Gasteiger partial charge on any atom is 0.143 e. The number of hydrogen-bond donors (Lipinski definition) is 0. The van der Waals surface area contributed by atoms with Gasteiger partial charge in [-0.2, -0.15) is 5.26 Å². The number of nitrogens with zero attached hydrogens (tertiary/aromatic N) is 1. The second kappa shape index (κ2) is 3.46. The van der Waals surface area contributed by atoms with Crippen LogP contribution in [-0.2, 0) is 5.67 Å². The number of benzene rings is 1. The molecular formula is C11H8ClF2N. The predicted molar refractivity (Wildman–Crippen MR) is 52.8 cm³/mol. The molecule has 1 nitrogen and oxygen atoms in total. The van der Waals surface area contributed by atoms with Gasteiger partial charge in [-0.1, -0.05) is 11.6 Å². The van der Waals surface area contributed by atoms with Crippen molar-refractivity contribution < 1.29 is 8.78 Å². The highest BCUT2D eigenvalue weighted by Crippen LogP contribution is 2.46. The Morgan fingerprint density at radius 3 is 2.53 bits per heavy atom. The van der Waals surface area contributed by atoms with Crippen LogP contribution in [0.2, 0.25) is 5.02 Å². The summed E-state index contributed by atoms with van der Waals surface area (Å²) in [6.07, 6.45) is 1.55. The van der Waals surface area contributed by atoms with E-state index in [0.717, 1.165) is 12.5 Å². The normalized spacial score (nSPS) is 18.0. The first-order valence-corrected chi connectivity index (χ1v) is 5.03. The van der Waals surface area contributed by atoms with Crippen LogP contribution in [0.3, 0.4) is 0 Å². The van der Waals surface area contributed by atoms with E-state index in [4.69, 9.17) is 16.9 Å². The Bertz CT molecular complexity index is 447. The molecule has 2 rings (SSSR count). The fourth-order valence-electron chi connectivity index (χ4n) is 1.77. The van der Waals surface area contributed by atoms with Crippen molar-refractivity contribution in [1.29, 1.82) is 5.26 Å². The first-order chi connectivity index (χ1) is 7.07. The van der Waals surface area contributed by atoms with Gasteiger partial charge in [-0.05, 0) is 31.4 Å². The van der Waals surface area contributed by atoms with Crippen LogP contribution in [0.4, 0.5) is 8.78 Å². The van der Waals surface area contributed by atoms with E-state index in [1.54, 1.807) is 6.07 Å². The van der Waals surface area contributed by atoms with Gasteiger partial charge in [0, 0.05) is 5.56 Å². The third-order valence-electron chi connectivity index (χ3n) is 2.81. The largest absolute Gasteiger partial charge is 0.239 e. The molecule has 0 unspecified atom stereocenters.